The normalized spacial score (nSPS) is 15.3. The highest BCUT2D eigenvalue weighted by Crippen LogP contribution is 2.35. The number of aromatic nitrogens is 1. The summed E-state index contributed by atoms with van der Waals surface area (Å²) in [6.45, 7) is 6.55. The number of pyridine rings is 1. The molecule has 0 atom stereocenters. The largest absolute Gasteiger partial charge is 0.454 e. The van der Waals surface area contributed by atoms with Crippen LogP contribution in [0, 0.1) is 0 Å². The fourth-order valence-electron chi connectivity index (χ4n) is 4.40. The Balaban J connectivity index is 1.29. The van der Waals surface area contributed by atoms with Crippen LogP contribution in [0.25, 0.3) is 10.9 Å². The van der Waals surface area contributed by atoms with Crippen LogP contribution in [0.4, 0.5) is 0 Å². The molecular formula is C26H30N4O4S. The molecule has 0 spiro atoms. The summed E-state index contributed by atoms with van der Waals surface area (Å²) < 4.78 is 16.4. The third-order valence-corrected chi connectivity index (χ3v) is 6.71. The zero-order valence-electron chi connectivity index (χ0n) is 19.6. The van der Waals surface area contributed by atoms with Gasteiger partial charge in [0.05, 0.1) is 25.3 Å². The molecule has 8 nitrogen and oxygen atoms in total. The molecule has 5 rings (SSSR count). The minimum Gasteiger partial charge on any atom is -0.454 e. The van der Waals surface area contributed by atoms with E-state index in [1.165, 1.54) is 0 Å². The SMILES string of the molecule is O=c1[nH]c2cc3c(cc2cc1CN(Cc1ccccc1)C(=S)NCCCN1CCOCC1)OCO3. The molecule has 0 aliphatic carbocycles. The molecule has 1 aromatic heterocycles. The molecule has 2 aliphatic heterocycles. The summed E-state index contributed by atoms with van der Waals surface area (Å²) >= 11 is 5.78. The summed E-state index contributed by atoms with van der Waals surface area (Å²) in [4.78, 5) is 20.4. The van der Waals surface area contributed by atoms with E-state index in [-0.39, 0.29) is 12.4 Å². The predicted octanol–water partition coefficient (Wildman–Crippen LogP) is 2.86. The maximum absolute atomic E-state index is 12.9. The standard InChI is InChI=1S/C26H30N4O4S/c31-25-21(13-20-14-23-24(34-18-33-23)15-22(20)28-25)17-30(16-19-5-2-1-3-6-19)26(35)27-7-4-8-29-9-11-32-12-10-29/h1-3,5-6,13-15H,4,7-12,16-18H2,(H,27,35)(H,28,31). The molecule has 35 heavy (non-hydrogen) atoms. The number of nitrogens with one attached hydrogen (secondary N) is 2. The van der Waals surface area contributed by atoms with Gasteiger partial charge in [-0.2, -0.15) is 0 Å². The number of nitrogens with zero attached hydrogens (tertiary/aromatic N) is 2. The van der Waals surface area contributed by atoms with Gasteiger partial charge in [-0.05, 0) is 42.9 Å². The van der Waals surface area contributed by atoms with Crippen LogP contribution < -0.4 is 20.3 Å². The fourth-order valence-corrected chi connectivity index (χ4v) is 4.63. The number of hydrogen-bond donors (Lipinski definition) is 2. The number of rotatable bonds is 8. The summed E-state index contributed by atoms with van der Waals surface area (Å²) in [5.41, 5.74) is 2.36. The molecule has 0 saturated carbocycles. The van der Waals surface area contributed by atoms with Crippen molar-refractivity contribution in [2.24, 2.45) is 0 Å². The summed E-state index contributed by atoms with van der Waals surface area (Å²) in [7, 11) is 0. The van der Waals surface area contributed by atoms with E-state index < -0.39 is 0 Å². The van der Waals surface area contributed by atoms with Crippen molar-refractivity contribution in [3.63, 3.8) is 0 Å². The Morgan fingerprint density at radius 2 is 1.83 bits per heavy atom. The Hall–Kier alpha value is -3.14. The van der Waals surface area contributed by atoms with Crippen LogP contribution in [-0.2, 0) is 17.8 Å². The number of morpholine rings is 1. The van der Waals surface area contributed by atoms with Gasteiger partial charge >= 0.3 is 0 Å². The number of fused-ring (bicyclic) bond motifs is 2. The van der Waals surface area contributed by atoms with Gasteiger partial charge in [-0.1, -0.05) is 30.3 Å². The molecule has 0 radical (unpaired) electrons. The van der Waals surface area contributed by atoms with Gasteiger partial charge in [0.25, 0.3) is 5.56 Å². The number of H-pyrrole nitrogens is 1. The lowest BCUT2D eigenvalue weighted by atomic mass is 10.1. The van der Waals surface area contributed by atoms with Gasteiger partial charge < -0.3 is 29.4 Å². The van der Waals surface area contributed by atoms with Crippen molar-refractivity contribution in [3.8, 4) is 11.5 Å². The van der Waals surface area contributed by atoms with Crippen LogP contribution in [0.3, 0.4) is 0 Å². The number of benzene rings is 2. The first-order valence-electron chi connectivity index (χ1n) is 12.0. The summed E-state index contributed by atoms with van der Waals surface area (Å²) in [6, 6.07) is 15.8. The molecule has 0 amide bonds. The molecule has 1 saturated heterocycles. The minimum atomic E-state index is -0.135. The van der Waals surface area contributed by atoms with E-state index in [1.807, 2.05) is 41.3 Å². The van der Waals surface area contributed by atoms with E-state index in [2.05, 4.69) is 27.3 Å². The molecule has 3 aromatic rings. The van der Waals surface area contributed by atoms with E-state index >= 15 is 0 Å². The molecule has 9 heteroatoms. The molecule has 2 aromatic carbocycles. The molecule has 0 bridgehead atoms. The third-order valence-electron chi connectivity index (χ3n) is 6.31. The number of thiocarbonyl (C=S) groups is 1. The second-order valence-electron chi connectivity index (χ2n) is 8.80. The van der Waals surface area contributed by atoms with Crippen molar-refractivity contribution < 1.29 is 14.2 Å². The van der Waals surface area contributed by atoms with Gasteiger partial charge in [0, 0.05) is 43.2 Å². The van der Waals surface area contributed by atoms with Gasteiger partial charge in [-0.3, -0.25) is 9.69 Å². The van der Waals surface area contributed by atoms with E-state index in [9.17, 15) is 4.79 Å². The van der Waals surface area contributed by atoms with Crippen molar-refractivity contribution in [1.29, 1.82) is 0 Å². The smallest absolute Gasteiger partial charge is 0.253 e. The maximum Gasteiger partial charge on any atom is 0.253 e. The Morgan fingerprint density at radius 3 is 2.63 bits per heavy atom. The summed E-state index contributed by atoms with van der Waals surface area (Å²) in [5.74, 6) is 1.34. The third kappa shape index (κ3) is 5.93. The summed E-state index contributed by atoms with van der Waals surface area (Å²) in [6.07, 6.45) is 0.989. The highest BCUT2D eigenvalue weighted by molar-refractivity contribution is 7.80. The quantitative estimate of drug-likeness (QED) is 0.366. The molecule has 1 fully saturated rings. The van der Waals surface area contributed by atoms with Gasteiger partial charge in [0.15, 0.2) is 16.6 Å². The van der Waals surface area contributed by atoms with Gasteiger partial charge in [0.2, 0.25) is 6.79 Å². The number of hydrogen-bond acceptors (Lipinski definition) is 6. The van der Waals surface area contributed by atoms with Crippen LogP contribution in [0.2, 0.25) is 0 Å². The lowest BCUT2D eigenvalue weighted by molar-refractivity contribution is 0.0376. The van der Waals surface area contributed by atoms with Crippen LogP contribution in [0.1, 0.15) is 17.5 Å². The van der Waals surface area contributed by atoms with Crippen molar-refractivity contribution >= 4 is 28.2 Å². The van der Waals surface area contributed by atoms with E-state index in [4.69, 9.17) is 26.4 Å². The van der Waals surface area contributed by atoms with Crippen molar-refractivity contribution in [2.75, 3.05) is 46.2 Å². The lowest BCUT2D eigenvalue weighted by Crippen LogP contribution is -2.42. The van der Waals surface area contributed by atoms with Crippen LogP contribution >= 0.6 is 12.2 Å². The Bertz CT molecular complexity index is 1230. The topological polar surface area (TPSA) is 79.1 Å². The van der Waals surface area contributed by atoms with Gasteiger partial charge in [0.1, 0.15) is 0 Å². The molecule has 0 unspecified atom stereocenters. The minimum absolute atomic E-state index is 0.135. The van der Waals surface area contributed by atoms with E-state index in [0.29, 0.717) is 35.3 Å². The fraction of sp³-hybridized carbons (Fsp3) is 0.385. The highest BCUT2D eigenvalue weighted by Gasteiger charge is 2.18. The van der Waals surface area contributed by atoms with E-state index in [1.54, 1.807) is 0 Å². The first kappa shape index (κ1) is 23.6. The van der Waals surface area contributed by atoms with Crippen molar-refractivity contribution in [2.45, 2.75) is 19.5 Å². The predicted molar refractivity (Wildman–Crippen MR) is 139 cm³/mol. The second kappa shape index (κ2) is 11.1. The molecule has 3 heterocycles. The highest BCUT2D eigenvalue weighted by atomic mass is 32.1. The molecule has 184 valence electrons. The second-order valence-corrected chi connectivity index (χ2v) is 9.18. The number of aromatic amines is 1. The molecule has 2 N–H and O–H groups in total. The monoisotopic (exact) mass is 494 g/mol. The van der Waals surface area contributed by atoms with Crippen LogP contribution in [0.15, 0.2) is 53.3 Å². The molecule has 2 aliphatic rings. The van der Waals surface area contributed by atoms with Crippen molar-refractivity contribution in [1.82, 2.24) is 20.1 Å². The summed E-state index contributed by atoms with van der Waals surface area (Å²) in [5, 5.41) is 4.94. The first-order chi connectivity index (χ1) is 17.2. The van der Waals surface area contributed by atoms with Gasteiger partial charge in [-0.25, -0.2) is 0 Å². The Labute approximate surface area is 209 Å². The average molecular weight is 495 g/mol. The Morgan fingerprint density at radius 1 is 1.06 bits per heavy atom. The zero-order chi connectivity index (χ0) is 24.0. The van der Waals surface area contributed by atoms with Gasteiger partial charge in [-0.15, -0.1) is 0 Å². The first-order valence-corrected chi connectivity index (χ1v) is 12.4. The Kier molecular flexibility index (Phi) is 7.46. The van der Waals surface area contributed by atoms with Crippen molar-refractivity contribution in [3.05, 3.63) is 70.0 Å². The maximum atomic E-state index is 12.9. The average Bonchev–Trinajstić information content (AvgIpc) is 3.33. The zero-order valence-corrected chi connectivity index (χ0v) is 20.4. The molecular weight excluding hydrogens is 464 g/mol. The van der Waals surface area contributed by atoms with Crippen LogP contribution in [0.5, 0.6) is 11.5 Å². The number of ether oxygens (including phenoxy) is 3. The lowest BCUT2D eigenvalue weighted by Gasteiger charge is -2.28. The van der Waals surface area contributed by atoms with Crippen LogP contribution in [-0.4, -0.2) is 66.1 Å². The van der Waals surface area contributed by atoms with E-state index in [0.717, 1.165) is 62.3 Å².